The quantitative estimate of drug-likeness (QED) is 0.784. The summed E-state index contributed by atoms with van der Waals surface area (Å²) >= 11 is 0. The zero-order valence-electron chi connectivity index (χ0n) is 11.9. The van der Waals surface area contributed by atoms with Crippen molar-refractivity contribution in [2.75, 3.05) is 0 Å². The van der Waals surface area contributed by atoms with Gasteiger partial charge in [-0.05, 0) is 36.5 Å². The third kappa shape index (κ3) is 2.12. The molecule has 0 atom stereocenters. The van der Waals surface area contributed by atoms with Crippen molar-refractivity contribution in [1.29, 1.82) is 0 Å². The predicted molar refractivity (Wildman–Crippen MR) is 80.1 cm³/mol. The number of benzene rings is 1. The third-order valence-corrected chi connectivity index (χ3v) is 3.85. The van der Waals surface area contributed by atoms with E-state index in [1.165, 1.54) is 22.5 Å². The van der Waals surface area contributed by atoms with E-state index < -0.39 is 0 Å². The van der Waals surface area contributed by atoms with Crippen LogP contribution in [0.2, 0.25) is 0 Å². The van der Waals surface area contributed by atoms with Crippen molar-refractivity contribution in [1.82, 2.24) is 9.55 Å². The van der Waals surface area contributed by atoms with Crippen LogP contribution in [0.5, 0.6) is 0 Å². The van der Waals surface area contributed by atoms with Gasteiger partial charge in [-0.1, -0.05) is 38.1 Å². The van der Waals surface area contributed by atoms with Gasteiger partial charge in [0.15, 0.2) is 0 Å². The molecule has 2 aromatic rings. The number of aryl methyl sites for hydroxylation is 1. The third-order valence-electron chi connectivity index (χ3n) is 3.85. The van der Waals surface area contributed by atoms with Crippen LogP contribution >= 0.6 is 0 Å². The lowest BCUT2D eigenvalue weighted by atomic mass is 10.0. The Morgan fingerprint density at radius 3 is 2.84 bits per heavy atom. The number of rotatable bonds is 2. The van der Waals surface area contributed by atoms with E-state index >= 15 is 0 Å². The molecule has 3 rings (SSSR count). The molecule has 0 bridgehead atoms. The normalized spacial score (nSPS) is 13.9. The number of hydrogen-bond acceptors (Lipinski definition) is 1. The summed E-state index contributed by atoms with van der Waals surface area (Å²) < 4.78 is 2.21. The molecule has 1 aliphatic carbocycles. The first-order chi connectivity index (χ1) is 9.16. The molecule has 98 valence electrons. The van der Waals surface area contributed by atoms with E-state index in [1.54, 1.807) is 0 Å². The van der Waals surface area contributed by atoms with Gasteiger partial charge in [0.25, 0.3) is 0 Å². The van der Waals surface area contributed by atoms with Gasteiger partial charge in [-0.25, -0.2) is 4.98 Å². The molecular weight excluding hydrogens is 232 g/mol. The van der Waals surface area contributed by atoms with Crippen molar-refractivity contribution in [2.45, 2.75) is 32.6 Å². The summed E-state index contributed by atoms with van der Waals surface area (Å²) in [5, 5.41) is 0. The Kier molecular flexibility index (Phi) is 3.02. The van der Waals surface area contributed by atoms with E-state index in [0.717, 1.165) is 18.7 Å². The minimum atomic E-state index is 0.551. The van der Waals surface area contributed by atoms with Gasteiger partial charge in [-0.15, -0.1) is 0 Å². The zero-order valence-corrected chi connectivity index (χ0v) is 11.9. The number of imidazole rings is 1. The maximum atomic E-state index is 4.83. The molecule has 2 heteroatoms. The molecule has 19 heavy (non-hydrogen) atoms. The molecule has 0 radical (unpaired) electrons. The lowest BCUT2D eigenvalue weighted by molar-refractivity contribution is 0.864. The summed E-state index contributed by atoms with van der Waals surface area (Å²) in [5.74, 6) is 1.63. The Morgan fingerprint density at radius 2 is 2.11 bits per heavy atom. The first-order valence-corrected chi connectivity index (χ1v) is 6.99. The molecule has 0 aliphatic heterocycles. The van der Waals surface area contributed by atoms with Gasteiger partial charge in [-0.2, -0.15) is 0 Å². The van der Waals surface area contributed by atoms with E-state index in [2.05, 4.69) is 61.9 Å². The van der Waals surface area contributed by atoms with Gasteiger partial charge in [0.05, 0.1) is 11.4 Å². The number of nitrogens with zero attached hydrogens (tertiary/aromatic N) is 2. The number of aromatic nitrogens is 2. The molecule has 1 heterocycles. The van der Waals surface area contributed by atoms with Crippen LogP contribution in [-0.4, -0.2) is 9.55 Å². The Morgan fingerprint density at radius 1 is 1.26 bits per heavy atom. The highest BCUT2D eigenvalue weighted by Gasteiger charge is 2.16. The van der Waals surface area contributed by atoms with Gasteiger partial charge in [0.2, 0.25) is 0 Å². The first kappa shape index (κ1) is 12.2. The molecule has 1 aromatic carbocycles. The summed E-state index contributed by atoms with van der Waals surface area (Å²) in [5.41, 5.74) is 5.08. The summed E-state index contributed by atoms with van der Waals surface area (Å²) in [7, 11) is 2.11. The van der Waals surface area contributed by atoms with Crippen LogP contribution in [0.1, 0.15) is 43.1 Å². The van der Waals surface area contributed by atoms with Crippen molar-refractivity contribution in [3.8, 4) is 11.4 Å². The van der Waals surface area contributed by atoms with Crippen LogP contribution in [-0.2, 0) is 13.5 Å². The SMILES string of the molecule is CC(C)c1cccc(-c2nc3c(n2C)C=CCC3)c1. The highest BCUT2D eigenvalue weighted by Crippen LogP contribution is 2.27. The van der Waals surface area contributed by atoms with Gasteiger partial charge < -0.3 is 4.57 Å². The van der Waals surface area contributed by atoms with E-state index in [-0.39, 0.29) is 0 Å². The molecule has 0 saturated carbocycles. The highest BCUT2D eigenvalue weighted by molar-refractivity contribution is 5.63. The minimum absolute atomic E-state index is 0.551. The second-order valence-corrected chi connectivity index (χ2v) is 5.55. The van der Waals surface area contributed by atoms with Crippen LogP contribution in [0.15, 0.2) is 30.3 Å². The second-order valence-electron chi connectivity index (χ2n) is 5.55. The Hall–Kier alpha value is -1.83. The average molecular weight is 252 g/mol. The highest BCUT2D eigenvalue weighted by atomic mass is 15.1. The van der Waals surface area contributed by atoms with Crippen molar-refractivity contribution >= 4 is 6.08 Å². The number of allylic oxidation sites excluding steroid dienone is 1. The smallest absolute Gasteiger partial charge is 0.140 e. The Bertz CT molecular complexity index is 633. The number of hydrogen-bond donors (Lipinski definition) is 0. The Balaban J connectivity index is 2.10. The van der Waals surface area contributed by atoms with Gasteiger partial charge in [0.1, 0.15) is 5.82 Å². The molecule has 2 nitrogen and oxygen atoms in total. The lowest BCUT2D eigenvalue weighted by Gasteiger charge is -2.09. The summed E-state index contributed by atoms with van der Waals surface area (Å²) in [6, 6.07) is 8.75. The summed E-state index contributed by atoms with van der Waals surface area (Å²) in [6.45, 7) is 4.45. The van der Waals surface area contributed by atoms with E-state index in [0.29, 0.717) is 5.92 Å². The molecule has 0 amide bonds. The monoisotopic (exact) mass is 252 g/mol. The van der Waals surface area contributed by atoms with E-state index in [4.69, 9.17) is 4.98 Å². The standard InChI is InChI=1S/C17H20N2/c1-12(2)13-7-6-8-14(11-13)17-18-15-9-4-5-10-16(15)19(17)3/h5-8,10-12H,4,9H2,1-3H3. The Labute approximate surface area is 114 Å². The molecule has 0 spiro atoms. The summed E-state index contributed by atoms with van der Waals surface area (Å²) in [4.78, 5) is 4.83. The van der Waals surface area contributed by atoms with Crippen LogP contribution in [0.3, 0.4) is 0 Å². The van der Waals surface area contributed by atoms with E-state index in [9.17, 15) is 0 Å². The second kappa shape index (κ2) is 4.69. The fourth-order valence-corrected chi connectivity index (χ4v) is 2.67. The molecule has 0 saturated heterocycles. The van der Waals surface area contributed by atoms with Crippen molar-refractivity contribution in [2.24, 2.45) is 7.05 Å². The molecule has 0 fully saturated rings. The lowest BCUT2D eigenvalue weighted by Crippen LogP contribution is -1.98. The van der Waals surface area contributed by atoms with Crippen LogP contribution < -0.4 is 0 Å². The number of fused-ring (bicyclic) bond motifs is 1. The maximum Gasteiger partial charge on any atom is 0.140 e. The van der Waals surface area contributed by atoms with Crippen LogP contribution in [0.4, 0.5) is 0 Å². The first-order valence-electron chi connectivity index (χ1n) is 6.99. The molecular formula is C17H20N2. The van der Waals surface area contributed by atoms with Crippen LogP contribution in [0, 0.1) is 0 Å². The van der Waals surface area contributed by atoms with Crippen molar-refractivity contribution < 1.29 is 0 Å². The largest absolute Gasteiger partial charge is 0.327 e. The van der Waals surface area contributed by atoms with Crippen molar-refractivity contribution in [3.63, 3.8) is 0 Å². The fourth-order valence-electron chi connectivity index (χ4n) is 2.67. The van der Waals surface area contributed by atoms with Gasteiger partial charge in [0, 0.05) is 12.6 Å². The van der Waals surface area contributed by atoms with Crippen molar-refractivity contribution in [3.05, 3.63) is 47.3 Å². The summed E-state index contributed by atoms with van der Waals surface area (Å²) in [6.07, 6.45) is 6.60. The van der Waals surface area contributed by atoms with Gasteiger partial charge in [-0.3, -0.25) is 0 Å². The fraction of sp³-hybridized carbons (Fsp3) is 0.353. The molecule has 0 unspecified atom stereocenters. The van der Waals surface area contributed by atoms with Gasteiger partial charge >= 0.3 is 0 Å². The average Bonchev–Trinajstić information content (AvgIpc) is 2.77. The maximum absolute atomic E-state index is 4.83. The molecule has 0 N–H and O–H groups in total. The van der Waals surface area contributed by atoms with Crippen LogP contribution in [0.25, 0.3) is 17.5 Å². The molecule has 1 aromatic heterocycles. The minimum Gasteiger partial charge on any atom is -0.327 e. The molecule has 1 aliphatic rings. The predicted octanol–water partition coefficient (Wildman–Crippen LogP) is 4.17. The van der Waals surface area contributed by atoms with E-state index in [1.807, 2.05) is 0 Å². The zero-order chi connectivity index (χ0) is 13.4. The topological polar surface area (TPSA) is 17.8 Å².